The van der Waals surface area contributed by atoms with Crippen molar-refractivity contribution >= 4 is 12.1 Å². The SMILES string of the molecule is CN(/N=C/c1ccc(-c2nnc(C(F)F)o2)cc1)C(=O)c1cncn1C. The van der Waals surface area contributed by atoms with Gasteiger partial charge in [-0.1, -0.05) is 12.1 Å². The van der Waals surface area contributed by atoms with Gasteiger partial charge >= 0.3 is 6.43 Å². The zero-order valence-electron chi connectivity index (χ0n) is 13.9. The van der Waals surface area contributed by atoms with E-state index < -0.39 is 12.3 Å². The number of carbonyl (C=O) groups is 1. The largest absolute Gasteiger partial charge is 0.415 e. The lowest BCUT2D eigenvalue weighted by Crippen LogP contribution is -2.23. The second-order valence-electron chi connectivity index (χ2n) is 5.33. The Morgan fingerprint density at radius 1 is 1.31 bits per heavy atom. The van der Waals surface area contributed by atoms with Crippen LogP contribution in [0.1, 0.15) is 28.4 Å². The molecule has 0 bridgehead atoms. The first-order valence-corrected chi connectivity index (χ1v) is 7.46. The average Bonchev–Trinajstić information content (AvgIpc) is 3.28. The zero-order chi connectivity index (χ0) is 18.7. The quantitative estimate of drug-likeness (QED) is 0.515. The fourth-order valence-corrected chi connectivity index (χ4v) is 2.09. The van der Waals surface area contributed by atoms with Gasteiger partial charge in [0.2, 0.25) is 5.89 Å². The van der Waals surface area contributed by atoms with Crippen LogP contribution in [0.3, 0.4) is 0 Å². The number of alkyl halides is 2. The number of amides is 1. The van der Waals surface area contributed by atoms with Crippen molar-refractivity contribution in [3.05, 3.63) is 53.9 Å². The van der Waals surface area contributed by atoms with Gasteiger partial charge in [-0.15, -0.1) is 10.2 Å². The van der Waals surface area contributed by atoms with Gasteiger partial charge < -0.3 is 8.98 Å². The van der Waals surface area contributed by atoms with E-state index in [0.29, 0.717) is 16.8 Å². The number of benzene rings is 1. The van der Waals surface area contributed by atoms with E-state index in [1.165, 1.54) is 30.8 Å². The first-order chi connectivity index (χ1) is 12.5. The van der Waals surface area contributed by atoms with Crippen LogP contribution >= 0.6 is 0 Å². The predicted octanol–water partition coefficient (Wildman–Crippen LogP) is 2.51. The van der Waals surface area contributed by atoms with E-state index in [4.69, 9.17) is 4.42 Å². The number of hydrogen-bond acceptors (Lipinski definition) is 6. The van der Waals surface area contributed by atoms with Gasteiger partial charge in [-0.2, -0.15) is 13.9 Å². The molecule has 1 aromatic carbocycles. The van der Waals surface area contributed by atoms with Gasteiger partial charge in [-0.3, -0.25) is 4.79 Å². The van der Waals surface area contributed by atoms with Crippen LogP contribution in [0.4, 0.5) is 8.78 Å². The van der Waals surface area contributed by atoms with Crippen LogP contribution in [0.25, 0.3) is 11.5 Å². The van der Waals surface area contributed by atoms with E-state index in [0.717, 1.165) is 0 Å². The minimum Gasteiger partial charge on any atom is -0.415 e. The summed E-state index contributed by atoms with van der Waals surface area (Å²) in [4.78, 5) is 16.1. The Balaban J connectivity index is 1.69. The maximum Gasteiger partial charge on any atom is 0.314 e. The number of nitrogens with zero attached hydrogens (tertiary/aromatic N) is 6. The molecule has 1 amide bonds. The second-order valence-corrected chi connectivity index (χ2v) is 5.33. The third kappa shape index (κ3) is 3.63. The summed E-state index contributed by atoms with van der Waals surface area (Å²) < 4.78 is 31.4. The van der Waals surface area contributed by atoms with E-state index in [9.17, 15) is 13.6 Å². The second kappa shape index (κ2) is 7.21. The number of imidazole rings is 1. The molecule has 0 atom stereocenters. The molecule has 0 unspecified atom stereocenters. The van der Waals surface area contributed by atoms with Crippen molar-refractivity contribution in [2.45, 2.75) is 6.43 Å². The maximum atomic E-state index is 12.5. The van der Waals surface area contributed by atoms with Crippen molar-refractivity contribution in [2.24, 2.45) is 12.1 Å². The Hall–Kier alpha value is -3.43. The highest BCUT2D eigenvalue weighted by molar-refractivity contribution is 5.93. The van der Waals surface area contributed by atoms with E-state index in [2.05, 4.69) is 20.3 Å². The van der Waals surface area contributed by atoms with Gasteiger partial charge in [0, 0.05) is 19.7 Å². The molecule has 8 nitrogen and oxygen atoms in total. The number of hydrogen-bond donors (Lipinski definition) is 0. The molecule has 3 aromatic rings. The van der Waals surface area contributed by atoms with Crippen LogP contribution in [0.2, 0.25) is 0 Å². The normalized spacial score (nSPS) is 11.4. The minimum absolute atomic E-state index is 0.00675. The molecule has 0 spiro atoms. The molecule has 2 aromatic heterocycles. The molecule has 26 heavy (non-hydrogen) atoms. The Bertz CT molecular complexity index is 932. The van der Waals surface area contributed by atoms with Crippen LogP contribution in [-0.4, -0.2) is 43.9 Å². The summed E-state index contributed by atoms with van der Waals surface area (Å²) in [7, 11) is 3.25. The molecular weight excluding hydrogens is 346 g/mol. The van der Waals surface area contributed by atoms with Crippen molar-refractivity contribution in [1.82, 2.24) is 24.8 Å². The molecule has 134 valence electrons. The highest BCUT2D eigenvalue weighted by atomic mass is 19.3. The van der Waals surface area contributed by atoms with E-state index >= 15 is 0 Å². The molecule has 0 aliphatic heterocycles. The van der Waals surface area contributed by atoms with Crippen LogP contribution in [-0.2, 0) is 7.05 Å². The summed E-state index contributed by atoms with van der Waals surface area (Å²) in [6.07, 6.45) is 1.67. The molecule has 10 heteroatoms. The number of aryl methyl sites for hydroxylation is 1. The van der Waals surface area contributed by atoms with Crippen LogP contribution < -0.4 is 0 Å². The van der Waals surface area contributed by atoms with E-state index in [1.807, 2.05) is 0 Å². The molecule has 0 radical (unpaired) electrons. The zero-order valence-corrected chi connectivity index (χ0v) is 13.9. The summed E-state index contributed by atoms with van der Waals surface area (Å²) in [5, 5.41) is 12.1. The Morgan fingerprint density at radius 2 is 2.04 bits per heavy atom. The number of carbonyl (C=O) groups excluding carboxylic acids is 1. The van der Waals surface area contributed by atoms with Crippen molar-refractivity contribution in [3.63, 3.8) is 0 Å². The first kappa shape index (κ1) is 17.4. The lowest BCUT2D eigenvalue weighted by molar-refractivity contribution is 0.0791. The third-order valence-corrected chi connectivity index (χ3v) is 3.49. The molecule has 0 N–H and O–H groups in total. The van der Waals surface area contributed by atoms with E-state index in [-0.39, 0.29) is 11.8 Å². The summed E-state index contributed by atoms with van der Waals surface area (Å²) in [6, 6.07) is 6.64. The maximum absolute atomic E-state index is 12.5. The summed E-state index contributed by atoms with van der Waals surface area (Å²) in [6.45, 7) is 0. The van der Waals surface area contributed by atoms with Gasteiger partial charge in [0.25, 0.3) is 11.8 Å². The Morgan fingerprint density at radius 3 is 2.62 bits per heavy atom. The van der Waals surface area contributed by atoms with Gasteiger partial charge in [0.1, 0.15) is 5.69 Å². The standard InChI is InChI=1S/C16H14F2N6O2/c1-23-9-19-8-12(23)16(25)24(2)20-7-10-3-5-11(6-4-10)14-21-22-15(26-14)13(17)18/h3-9,13H,1-2H3/b20-7+. The number of halogens is 2. The first-order valence-electron chi connectivity index (χ1n) is 7.46. The van der Waals surface area contributed by atoms with Gasteiger partial charge in [-0.25, -0.2) is 9.99 Å². The fraction of sp³-hybridized carbons (Fsp3) is 0.188. The van der Waals surface area contributed by atoms with Crippen LogP contribution in [0.5, 0.6) is 0 Å². The van der Waals surface area contributed by atoms with Crippen molar-refractivity contribution in [1.29, 1.82) is 0 Å². The predicted molar refractivity (Wildman–Crippen MR) is 87.6 cm³/mol. The number of hydrazone groups is 1. The lowest BCUT2D eigenvalue weighted by Gasteiger charge is -2.10. The number of rotatable bonds is 5. The van der Waals surface area contributed by atoms with Crippen LogP contribution in [0.15, 0.2) is 46.3 Å². The highest BCUT2D eigenvalue weighted by Crippen LogP contribution is 2.23. The Labute approximate surface area is 146 Å². The highest BCUT2D eigenvalue weighted by Gasteiger charge is 2.17. The monoisotopic (exact) mass is 360 g/mol. The van der Waals surface area contributed by atoms with Crippen molar-refractivity contribution < 1.29 is 18.0 Å². The Kier molecular flexibility index (Phi) is 4.83. The fourth-order valence-electron chi connectivity index (χ4n) is 2.09. The summed E-state index contributed by atoms with van der Waals surface area (Å²) in [5.41, 5.74) is 1.61. The van der Waals surface area contributed by atoms with Crippen molar-refractivity contribution in [2.75, 3.05) is 7.05 Å². The third-order valence-electron chi connectivity index (χ3n) is 3.49. The molecule has 0 aliphatic carbocycles. The summed E-state index contributed by atoms with van der Waals surface area (Å²) >= 11 is 0. The van der Waals surface area contributed by atoms with E-state index in [1.54, 1.807) is 35.9 Å². The molecule has 3 rings (SSSR count). The minimum atomic E-state index is -2.81. The number of aromatic nitrogens is 4. The molecule has 0 saturated heterocycles. The van der Waals surface area contributed by atoms with Crippen molar-refractivity contribution in [3.8, 4) is 11.5 Å². The van der Waals surface area contributed by atoms with Gasteiger partial charge in [0.15, 0.2) is 0 Å². The van der Waals surface area contributed by atoms with Crippen LogP contribution in [0, 0.1) is 0 Å². The van der Waals surface area contributed by atoms with Gasteiger partial charge in [0.05, 0.1) is 18.7 Å². The lowest BCUT2D eigenvalue weighted by atomic mass is 10.1. The summed E-state index contributed by atoms with van der Waals surface area (Å²) in [5.74, 6) is -1.02. The topological polar surface area (TPSA) is 89.4 Å². The molecular formula is C16H14F2N6O2. The average molecular weight is 360 g/mol. The molecule has 0 aliphatic rings. The molecule has 2 heterocycles. The van der Waals surface area contributed by atoms with Gasteiger partial charge in [-0.05, 0) is 17.7 Å². The molecule has 0 fully saturated rings. The molecule has 0 saturated carbocycles. The smallest absolute Gasteiger partial charge is 0.314 e.